The first kappa shape index (κ1) is 7.96. The van der Waals surface area contributed by atoms with Crippen LogP contribution in [0.1, 0.15) is 33.1 Å². The SMILES string of the molecule is CCCCC[N-]CC. The van der Waals surface area contributed by atoms with Gasteiger partial charge in [-0.3, -0.25) is 0 Å². The monoisotopic (exact) mass is 114 g/mol. The van der Waals surface area contributed by atoms with Crippen LogP contribution in [0.2, 0.25) is 0 Å². The highest BCUT2D eigenvalue weighted by Crippen LogP contribution is 1.96. The molecule has 0 N–H and O–H groups in total. The second-order valence-corrected chi connectivity index (χ2v) is 1.97. The highest BCUT2D eigenvalue weighted by Gasteiger charge is 1.74. The average molecular weight is 114 g/mol. The Balaban J connectivity index is 2.53. The third-order valence-electron chi connectivity index (χ3n) is 1.14. The fourth-order valence-electron chi connectivity index (χ4n) is 0.632. The summed E-state index contributed by atoms with van der Waals surface area (Å²) >= 11 is 0. The van der Waals surface area contributed by atoms with Gasteiger partial charge in [0.05, 0.1) is 0 Å². The van der Waals surface area contributed by atoms with E-state index in [2.05, 4.69) is 19.2 Å². The van der Waals surface area contributed by atoms with E-state index in [0.29, 0.717) is 0 Å². The van der Waals surface area contributed by atoms with Gasteiger partial charge in [0.1, 0.15) is 0 Å². The molecule has 0 saturated carbocycles. The molecule has 0 fully saturated rings. The van der Waals surface area contributed by atoms with Gasteiger partial charge < -0.3 is 5.32 Å². The molecule has 0 rings (SSSR count). The van der Waals surface area contributed by atoms with Crippen LogP contribution in [0.25, 0.3) is 5.32 Å². The van der Waals surface area contributed by atoms with Gasteiger partial charge >= 0.3 is 0 Å². The lowest BCUT2D eigenvalue weighted by molar-refractivity contribution is 0.745. The van der Waals surface area contributed by atoms with Crippen molar-refractivity contribution in [2.45, 2.75) is 33.1 Å². The highest BCUT2D eigenvalue weighted by atomic mass is 14.8. The molecule has 0 aromatic rings. The van der Waals surface area contributed by atoms with Crippen LogP contribution >= 0.6 is 0 Å². The smallest absolute Gasteiger partial charge is 0.0552 e. The fraction of sp³-hybridized carbons (Fsp3) is 1.00. The Bertz CT molecular complexity index is 29.4. The zero-order valence-electron chi connectivity index (χ0n) is 5.98. The summed E-state index contributed by atoms with van der Waals surface area (Å²) in [5, 5.41) is 4.21. The van der Waals surface area contributed by atoms with E-state index in [9.17, 15) is 0 Å². The van der Waals surface area contributed by atoms with Gasteiger partial charge in [-0.2, -0.15) is 6.54 Å². The Morgan fingerprint density at radius 1 is 1.12 bits per heavy atom. The number of hydrogen-bond acceptors (Lipinski definition) is 0. The van der Waals surface area contributed by atoms with Crippen molar-refractivity contribution in [1.29, 1.82) is 0 Å². The van der Waals surface area contributed by atoms with Crippen LogP contribution in [0.5, 0.6) is 0 Å². The first-order chi connectivity index (χ1) is 3.91. The Hall–Kier alpha value is -0.0400. The summed E-state index contributed by atoms with van der Waals surface area (Å²) in [5.41, 5.74) is 0. The zero-order valence-corrected chi connectivity index (χ0v) is 5.98. The molecule has 0 radical (unpaired) electrons. The molecule has 1 heteroatoms. The minimum atomic E-state index is 0.990. The van der Waals surface area contributed by atoms with Gasteiger partial charge in [-0.05, 0) is 0 Å². The molecular formula is C7H16N-. The second kappa shape index (κ2) is 6.96. The quantitative estimate of drug-likeness (QED) is 0.488. The lowest BCUT2D eigenvalue weighted by atomic mass is 10.2. The predicted octanol–water partition coefficient (Wildman–Crippen LogP) is 2.57. The van der Waals surface area contributed by atoms with E-state index in [0.717, 1.165) is 13.1 Å². The molecule has 50 valence electrons. The maximum Gasteiger partial charge on any atom is -0.0552 e. The molecule has 0 unspecified atom stereocenters. The van der Waals surface area contributed by atoms with Crippen molar-refractivity contribution >= 4 is 0 Å². The molecule has 0 aliphatic rings. The van der Waals surface area contributed by atoms with Crippen LogP contribution in [-0.4, -0.2) is 13.1 Å². The van der Waals surface area contributed by atoms with Gasteiger partial charge in [0, 0.05) is 0 Å². The average Bonchev–Trinajstić information content (AvgIpc) is 1.81. The summed E-state index contributed by atoms with van der Waals surface area (Å²) in [5.74, 6) is 0. The van der Waals surface area contributed by atoms with Crippen molar-refractivity contribution in [2.75, 3.05) is 13.1 Å². The minimum Gasteiger partial charge on any atom is -0.662 e. The molecule has 0 atom stereocenters. The van der Waals surface area contributed by atoms with Crippen molar-refractivity contribution in [3.05, 3.63) is 5.32 Å². The van der Waals surface area contributed by atoms with Crippen molar-refractivity contribution in [2.24, 2.45) is 0 Å². The van der Waals surface area contributed by atoms with E-state index in [4.69, 9.17) is 0 Å². The first-order valence-electron chi connectivity index (χ1n) is 3.55. The molecule has 1 nitrogen and oxygen atoms in total. The summed E-state index contributed by atoms with van der Waals surface area (Å²) in [6.45, 7) is 6.37. The number of rotatable bonds is 5. The van der Waals surface area contributed by atoms with Gasteiger partial charge in [-0.15, -0.1) is 6.54 Å². The molecule has 0 heterocycles. The topological polar surface area (TPSA) is 14.1 Å². The molecule has 0 spiro atoms. The molecule has 0 aliphatic carbocycles. The normalized spacial score (nSPS) is 9.75. The molecule has 0 aliphatic heterocycles. The summed E-state index contributed by atoms with van der Waals surface area (Å²) < 4.78 is 0. The van der Waals surface area contributed by atoms with Crippen LogP contribution in [0.4, 0.5) is 0 Å². The Kier molecular flexibility index (Phi) is 6.93. The van der Waals surface area contributed by atoms with Gasteiger partial charge in [-0.1, -0.05) is 33.1 Å². The molecular weight excluding hydrogens is 98.1 g/mol. The van der Waals surface area contributed by atoms with E-state index >= 15 is 0 Å². The number of unbranched alkanes of at least 4 members (excludes halogenated alkanes) is 2. The van der Waals surface area contributed by atoms with E-state index in [1.165, 1.54) is 19.3 Å². The van der Waals surface area contributed by atoms with E-state index < -0.39 is 0 Å². The van der Waals surface area contributed by atoms with Gasteiger partial charge in [0.2, 0.25) is 0 Å². The zero-order chi connectivity index (χ0) is 6.24. The summed E-state index contributed by atoms with van der Waals surface area (Å²) in [7, 11) is 0. The fourth-order valence-corrected chi connectivity index (χ4v) is 0.632. The Morgan fingerprint density at radius 3 is 2.38 bits per heavy atom. The molecule has 0 aromatic heterocycles. The third-order valence-corrected chi connectivity index (χ3v) is 1.14. The van der Waals surface area contributed by atoms with E-state index in [1.807, 2.05) is 0 Å². The molecule has 8 heavy (non-hydrogen) atoms. The number of nitrogens with zero attached hydrogens (tertiary/aromatic N) is 1. The van der Waals surface area contributed by atoms with Crippen molar-refractivity contribution < 1.29 is 0 Å². The third kappa shape index (κ3) is 5.96. The van der Waals surface area contributed by atoms with Gasteiger partial charge in [0.25, 0.3) is 0 Å². The van der Waals surface area contributed by atoms with Gasteiger partial charge in [0.15, 0.2) is 0 Å². The van der Waals surface area contributed by atoms with Crippen LogP contribution in [0.3, 0.4) is 0 Å². The molecule has 0 amide bonds. The van der Waals surface area contributed by atoms with Crippen molar-refractivity contribution in [3.63, 3.8) is 0 Å². The maximum atomic E-state index is 4.21. The largest absolute Gasteiger partial charge is 0.662 e. The predicted molar refractivity (Wildman–Crippen MR) is 38.3 cm³/mol. The standard InChI is InChI=1S/C7H16N/c1-3-5-6-7-8-4-2/h3-7H2,1-2H3/q-1. The number of hydrogen-bond donors (Lipinski definition) is 0. The summed E-state index contributed by atoms with van der Waals surface area (Å²) in [6, 6.07) is 0. The van der Waals surface area contributed by atoms with Crippen molar-refractivity contribution in [1.82, 2.24) is 0 Å². The lowest BCUT2D eigenvalue weighted by Gasteiger charge is -2.13. The first-order valence-corrected chi connectivity index (χ1v) is 3.55. The maximum absolute atomic E-state index is 4.21. The van der Waals surface area contributed by atoms with Crippen LogP contribution in [0, 0.1) is 0 Å². The summed E-state index contributed by atoms with van der Waals surface area (Å²) in [4.78, 5) is 0. The van der Waals surface area contributed by atoms with Gasteiger partial charge in [-0.25, -0.2) is 0 Å². The highest BCUT2D eigenvalue weighted by molar-refractivity contribution is 4.74. The molecule has 0 saturated heterocycles. The Labute approximate surface area is 52.5 Å². The van der Waals surface area contributed by atoms with E-state index in [-0.39, 0.29) is 0 Å². The van der Waals surface area contributed by atoms with Crippen LogP contribution in [0.15, 0.2) is 0 Å². The van der Waals surface area contributed by atoms with Crippen LogP contribution < -0.4 is 0 Å². The molecule has 0 aromatic carbocycles. The van der Waals surface area contributed by atoms with Crippen molar-refractivity contribution in [3.8, 4) is 0 Å². The molecule has 0 bridgehead atoms. The van der Waals surface area contributed by atoms with Crippen LogP contribution in [-0.2, 0) is 0 Å². The van der Waals surface area contributed by atoms with E-state index in [1.54, 1.807) is 0 Å². The summed E-state index contributed by atoms with van der Waals surface area (Å²) in [6.07, 6.45) is 3.92. The Morgan fingerprint density at radius 2 is 1.88 bits per heavy atom. The lowest BCUT2D eigenvalue weighted by Crippen LogP contribution is -1.84. The minimum absolute atomic E-state index is 0.990. The second-order valence-electron chi connectivity index (χ2n) is 1.97.